The molecule has 2 heterocycles. The van der Waals surface area contributed by atoms with Gasteiger partial charge in [-0.25, -0.2) is 13.4 Å². The fourth-order valence-electron chi connectivity index (χ4n) is 6.30. The fourth-order valence-corrected chi connectivity index (χ4v) is 8.86. The van der Waals surface area contributed by atoms with E-state index >= 15 is 0 Å². The number of benzene rings is 3. The smallest absolute Gasteiger partial charge is 0.254 e. The molecule has 5 rings (SSSR count). The maximum Gasteiger partial charge on any atom is 0.254 e. The van der Waals surface area contributed by atoms with Crippen molar-refractivity contribution in [3.8, 4) is 0 Å². The minimum absolute atomic E-state index is 0.0153. The number of ketones is 1. The van der Waals surface area contributed by atoms with Gasteiger partial charge < -0.3 is 10.0 Å². The van der Waals surface area contributed by atoms with Gasteiger partial charge in [0.2, 0.25) is 10.0 Å². The molecule has 1 amide bonds. The Kier molecular flexibility index (Phi) is 11.6. The normalized spacial score (nSPS) is 16.4. The third kappa shape index (κ3) is 8.66. The SMILES string of the molecule is Cc1ccc(S(=O)(=O)N(CC(C)C)C[C@@H](O)[C@@H](CC(=O)c2cccc(C(=O)N3CCC[C@H]3c3nc(C)cs3)c2)Cc2ccccc2)cc1. The van der Waals surface area contributed by atoms with E-state index in [2.05, 4.69) is 4.98 Å². The van der Waals surface area contributed by atoms with Crippen molar-refractivity contribution in [1.82, 2.24) is 14.2 Å². The van der Waals surface area contributed by atoms with Crippen molar-refractivity contribution in [3.05, 3.63) is 117 Å². The van der Waals surface area contributed by atoms with Gasteiger partial charge in [0.05, 0.1) is 17.0 Å². The molecule has 0 bridgehead atoms. The van der Waals surface area contributed by atoms with Crippen LogP contribution < -0.4 is 0 Å². The summed E-state index contributed by atoms with van der Waals surface area (Å²) in [4.78, 5) is 34.2. The van der Waals surface area contributed by atoms with E-state index in [0.29, 0.717) is 24.1 Å². The highest BCUT2D eigenvalue weighted by atomic mass is 32.2. The number of rotatable bonds is 14. The molecule has 48 heavy (non-hydrogen) atoms. The number of nitrogens with zero attached hydrogens (tertiary/aromatic N) is 3. The molecule has 8 nitrogen and oxygen atoms in total. The number of thiazole rings is 1. The maximum absolute atomic E-state index is 13.9. The first-order valence-electron chi connectivity index (χ1n) is 16.6. The number of aliphatic hydroxyl groups excluding tert-OH is 1. The summed E-state index contributed by atoms with van der Waals surface area (Å²) in [5.41, 5.74) is 3.65. The third-order valence-corrected chi connectivity index (χ3v) is 11.7. The summed E-state index contributed by atoms with van der Waals surface area (Å²) < 4.78 is 28.9. The standard InChI is InChI=1S/C38H45N3O5S2/c1-26(2)23-40(48(45,46)33-17-15-27(3)16-18-33)24-36(43)32(20-29-10-6-5-7-11-29)22-35(42)30-12-8-13-31(21-30)38(44)41-19-9-14-34(41)37-39-28(4)25-47-37/h5-8,10-13,15-18,21,25-26,32,34,36,43H,9,14,19-20,22-24H2,1-4H3/t32-,34+,36-/m1/s1. The number of sulfonamides is 1. The Balaban J connectivity index is 1.37. The van der Waals surface area contributed by atoms with Gasteiger partial charge in [-0.3, -0.25) is 9.59 Å². The van der Waals surface area contributed by atoms with E-state index in [0.717, 1.165) is 34.7 Å². The number of aryl methyl sites for hydroxylation is 2. The molecular formula is C38H45N3O5S2. The summed E-state index contributed by atoms with van der Waals surface area (Å²) >= 11 is 1.57. The summed E-state index contributed by atoms with van der Waals surface area (Å²) in [6.45, 7) is 8.42. The van der Waals surface area contributed by atoms with Crippen LogP contribution in [0.2, 0.25) is 0 Å². The van der Waals surface area contributed by atoms with Crippen LogP contribution in [0.25, 0.3) is 0 Å². The highest BCUT2D eigenvalue weighted by molar-refractivity contribution is 7.89. The Morgan fingerprint density at radius 2 is 1.69 bits per heavy atom. The minimum atomic E-state index is -3.90. The minimum Gasteiger partial charge on any atom is -0.391 e. The molecule has 0 radical (unpaired) electrons. The number of carbonyl (C=O) groups excluding carboxylic acids is 2. The zero-order valence-corrected chi connectivity index (χ0v) is 29.7. The van der Waals surface area contributed by atoms with Gasteiger partial charge >= 0.3 is 0 Å². The fraction of sp³-hybridized carbons (Fsp3) is 0.395. The number of carbonyl (C=O) groups is 2. The van der Waals surface area contributed by atoms with E-state index in [9.17, 15) is 23.1 Å². The Hall–Kier alpha value is -3.70. The van der Waals surface area contributed by atoms with Crippen LogP contribution in [0.4, 0.5) is 0 Å². The van der Waals surface area contributed by atoms with Crippen molar-refractivity contribution < 1.29 is 23.1 Å². The number of aliphatic hydroxyl groups is 1. The van der Waals surface area contributed by atoms with Crippen LogP contribution in [-0.2, 0) is 16.4 Å². The van der Waals surface area contributed by atoms with Gasteiger partial charge in [0.15, 0.2) is 5.78 Å². The first-order valence-corrected chi connectivity index (χ1v) is 18.9. The molecule has 1 saturated heterocycles. The summed E-state index contributed by atoms with van der Waals surface area (Å²) in [5, 5.41) is 14.6. The lowest BCUT2D eigenvalue weighted by Crippen LogP contribution is -2.43. The van der Waals surface area contributed by atoms with Crippen molar-refractivity contribution in [2.75, 3.05) is 19.6 Å². The average molecular weight is 688 g/mol. The van der Waals surface area contributed by atoms with E-state index < -0.39 is 22.0 Å². The summed E-state index contributed by atoms with van der Waals surface area (Å²) in [6.07, 6.45) is 0.988. The van der Waals surface area contributed by atoms with Crippen LogP contribution in [0.15, 0.2) is 89.1 Å². The van der Waals surface area contributed by atoms with Gasteiger partial charge in [-0.2, -0.15) is 4.31 Å². The van der Waals surface area contributed by atoms with E-state index in [1.165, 1.54) is 4.31 Å². The first-order chi connectivity index (χ1) is 22.9. The van der Waals surface area contributed by atoms with Gasteiger partial charge in [-0.1, -0.05) is 74.0 Å². The number of likely N-dealkylation sites (tertiary alicyclic amines) is 1. The topological polar surface area (TPSA) is 108 Å². The largest absolute Gasteiger partial charge is 0.391 e. The van der Waals surface area contributed by atoms with Crippen molar-refractivity contribution in [1.29, 1.82) is 0 Å². The lowest BCUT2D eigenvalue weighted by molar-refractivity contribution is 0.0689. The third-order valence-electron chi connectivity index (χ3n) is 8.82. The first kappa shape index (κ1) is 35.6. The average Bonchev–Trinajstić information content (AvgIpc) is 3.73. The predicted molar refractivity (Wildman–Crippen MR) is 190 cm³/mol. The number of aromatic nitrogens is 1. The highest BCUT2D eigenvalue weighted by Crippen LogP contribution is 2.35. The van der Waals surface area contributed by atoms with E-state index in [-0.39, 0.29) is 48.1 Å². The molecule has 254 valence electrons. The molecule has 0 spiro atoms. The molecule has 4 aromatic rings. The molecular weight excluding hydrogens is 643 g/mol. The van der Waals surface area contributed by atoms with Gasteiger partial charge in [0.25, 0.3) is 5.91 Å². The maximum atomic E-state index is 13.9. The van der Waals surface area contributed by atoms with Crippen LogP contribution in [0.3, 0.4) is 0 Å². The van der Waals surface area contributed by atoms with Crippen LogP contribution in [-0.4, -0.2) is 65.1 Å². The van der Waals surface area contributed by atoms with Crippen molar-refractivity contribution in [3.63, 3.8) is 0 Å². The van der Waals surface area contributed by atoms with Crippen LogP contribution >= 0.6 is 11.3 Å². The molecule has 0 saturated carbocycles. The molecule has 1 fully saturated rings. The Morgan fingerprint density at radius 1 is 0.979 bits per heavy atom. The summed E-state index contributed by atoms with van der Waals surface area (Å²) in [6, 6.07) is 23.0. The summed E-state index contributed by atoms with van der Waals surface area (Å²) in [7, 11) is -3.90. The number of Topliss-reactive ketones (excluding diaryl/α,β-unsaturated/α-hetero) is 1. The quantitative estimate of drug-likeness (QED) is 0.145. The zero-order chi connectivity index (χ0) is 34.4. The molecule has 1 aliphatic rings. The van der Waals surface area contributed by atoms with Crippen molar-refractivity contribution >= 4 is 33.1 Å². The van der Waals surface area contributed by atoms with Gasteiger partial charge in [-0.05, 0) is 74.8 Å². The number of hydrogen-bond donors (Lipinski definition) is 1. The highest BCUT2D eigenvalue weighted by Gasteiger charge is 2.34. The van der Waals surface area contributed by atoms with E-state index in [1.807, 2.05) is 68.3 Å². The molecule has 3 atom stereocenters. The summed E-state index contributed by atoms with van der Waals surface area (Å²) in [5.74, 6) is -0.901. The lowest BCUT2D eigenvalue weighted by Gasteiger charge is -2.30. The number of hydrogen-bond acceptors (Lipinski definition) is 7. The molecule has 0 aliphatic carbocycles. The Bertz CT molecular complexity index is 1810. The molecule has 10 heteroatoms. The second-order valence-corrected chi connectivity index (χ2v) is 16.1. The molecule has 1 aliphatic heterocycles. The predicted octanol–water partition coefficient (Wildman–Crippen LogP) is 6.88. The van der Waals surface area contributed by atoms with Gasteiger partial charge in [0, 0.05) is 48.3 Å². The van der Waals surface area contributed by atoms with Crippen LogP contribution in [0.5, 0.6) is 0 Å². The van der Waals surface area contributed by atoms with Crippen molar-refractivity contribution in [2.45, 2.75) is 70.4 Å². The van der Waals surface area contributed by atoms with Crippen molar-refractivity contribution in [2.24, 2.45) is 11.8 Å². The van der Waals surface area contributed by atoms with Crippen LogP contribution in [0, 0.1) is 25.7 Å². The second kappa shape index (κ2) is 15.7. The van der Waals surface area contributed by atoms with Crippen LogP contribution in [0.1, 0.15) is 81.7 Å². The zero-order valence-electron chi connectivity index (χ0n) is 28.1. The van der Waals surface area contributed by atoms with Gasteiger partial charge in [0.1, 0.15) is 5.01 Å². The monoisotopic (exact) mass is 687 g/mol. The van der Waals surface area contributed by atoms with E-state index in [1.54, 1.807) is 59.9 Å². The second-order valence-electron chi connectivity index (χ2n) is 13.2. The number of amides is 1. The molecule has 1 aromatic heterocycles. The van der Waals surface area contributed by atoms with E-state index in [4.69, 9.17) is 0 Å². The Morgan fingerprint density at radius 3 is 2.35 bits per heavy atom. The Labute approximate surface area is 288 Å². The molecule has 1 N–H and O–H groups in total. The van der Waals surface area contributed by atoms with Gasteiger partial charge in [-0.15, -0.1) is 11.3 Å². The lowest BCUT2D eigenvalue weighted by atomic mass is 9.87. The molecule has 3 aromatic carbocycles. The molecule has 0 unspecified atom stereocenters.